The van der Waals surface area contributed by atoms with Gasteiger partial charge in [0.2, 0.25) is 5.56 Å². The Kier molecular flexibility index (Phi) is 6.34. The molecule has 0 amide bonds. The highest BCUT2D eigenvalue weighted by Crippen LogP contribution is 2.32. The Labute approximate surface area is 176 Å². The molecule has 2 aromatic rings. The molecule has 0 aliphatic carbocycles. The zero-order valence-electron chi connectivity index (χ0n) is 16.5. The minimum absolute atomic E-state index is 0.470. The van der Waals surface area contributed by atoms with Gasteiger partial charge >= 0.3 is 6.18 Å². The van der Waals surface area contributed by atoms with Crippen LogP contribution in [0.5, 0.6) is 5.75 Å². The number of nitrogens with one attached hydrogen (secondary N) is 1. The third-order valence-corrected chi connectivity index (χ3v) is 7.03. The van der Waals surface area contributed by atoms with E-state index in [-0.39, 0.29) is 0 Å². The van der Waals surface area contributed by atoms with Crippen molar-refractivity contribution in [2.45, 2.75) is 31.0 Å². The van der Waals surface area contributed by atoms with Crippen molar-refractivity contribution in [3.63, 3.8) is 0 Å². The number of anilines is 1. The molecule has 2 atom stereocenters. The minimum Gasteiger partial charge on any atom is -0.457 e. The van der Waals surface area contributed by atoms with Gasteiger partial charge < -0.3 is 15.0 Å². The number of benzene rings is 2. The van der Waals surface area contributed by atoms with Crippen molar-refractivity contribution in [2.75, 3.05) is 30.7 Å². The molecule has 2 aliphatic rings. The topological polar surface area (TPSA) is 41.6 Å². The molecule has 2 heterocycles. The third kappa shape index (κ3) is 5.16. The standard InChI is InChI=1S/C22H25F3N2O2S/c23-22(24,25)18-7-5-16(6-8-18)15-17-9-11-27(12-10-17)13-14-30(28)21-26-19-3-1-2-4-20(19)29-21/h1-8,17,21,26H,9-15H2. The van der Waals surface area contributed by atoms with E-state index < -0.39 is 28.1 Å². The van der Waals surface area contributed by atoms with Crippen LogP contribution in [0.15, 0.2) is 48.5 Å². The van der Waals surface area contributed by atoms with Crippen LogP contribution in [0, 0.1) is 5.92 Å². The molecule has 8 heteroatoms. The first-order valence-corrected chi connectivity index (χ1v) is 11.5. The van der Waals surface area contributed by atoms with Gasteiger partial charge in [0.1, 0.15) is 5.75 Å². The van der Waals surface area contributed by atoms with E-state index in [0.29, 0.717) is 11.7 Å². The van der Waals surface area contributed by atoms with Crippen LogP contribution in [-0.2, 0) is 23.4 Å². The fraction of sp³-hybridized carbons (Fsp3) is 0.455. The number of hydrogen-bond acceptors (Lipinski definition) is 4. The van der Waals surface area contributed by atoms with Gasteiger partial charge in [-0.15, -0.1) is 0 Å². The number of alkyl halides is 3. The Morgan fingerprint density at radius 2 is 1.77 bits per heavy atom. The lowest BCUT2D eigenvalue weighted by Crippen LogP contribution is -2.38. The van der Waals surface area contributed by atoms with Crippen LogP contribution in [0.3, 0.4) is 0 Å². The monoisotopic (exact) mass is 438 g/mol. The molecule has 4 nitrogen and oxygen atoms in total. The van der Waals surface area contributed by atoms with Crippen molar-refractivity contribution in [1.29, 1.82) is 0 Å². The van der Waals surface area contributed by atoms with Crippen molar-refractivity contribution in [3.8, 4) is 5.75 Å². The molecule has 0 spiro atoms. The largest absolute Gasteiger partial charge is 0.457 e. The lowest BCUT2D eigenvalue weighted by atomic mass is 9.90. The van der Waals surface area contributed by atoms with Gasteiger partial charge in [-0.2, -0.15) is 13.2 Å². The second kappa shape index (κ2) is 8.98. The zero-order valence-corrected chi connectivity index (χ0v) is 17.3. The SMILES string of the molecule is O=S(CCN1CCC(Cc2ccc(C(F)(F)F)cc2)CC1)C1Nc2ccccc2O1. The van der Waals surface area contributed by atoms with Crippen LogP contribution in [0.25, 0.3) is 0 Å². The van der Waals surface area contributed by atoms with Crippen LogP contribution in [0.1, 0.15) is 24.0 Å². The summed E-state index contributed by atoms with van der Waals surface area (Å²) in [7, 11) is -1.14. The molecule has 2 aromatic carbocycles. The first-order chi connectivity index (χ1) is 14.4. The lowest BCUT2D eigenvalue weighted by Gasteiger charge is -2.32. The van der Waals surface area contributed by atoms with Crippen LogP contribution >= 0.6 is 0 Å². The number of hydrogen-bond donors (Lipinski definition) is 1. The maximum absolute atomic E-state index is 12.7. The fourth-order valence-electron chi connectivity index (χ4n) is 3.98. The number of piperidine rings is 1. The van der Waals surface area contributed by atoms with Gasteiger partial charge in [0.05, 0.1) is 22.1 Å². The van der Waals surface area contributed by atoms with Gasteiger partial charge in [-0.3, -0.25) is 4.21 Å². The second-order valence-electron chi connectivity index (χ2n) is 7.86. The molecule has 0 aromatic heterocycles. The molecule has 4 rings (SSSR count). The van der Waals surface area contributed by atoms with E-state index in [1.165, 1.54) is 0 Å². The summed E-state index contributed by atoms with van der Waals surface area (Å²) in [5, 5.41) is 3.16. The Balaban J connectivity index is 1.18. The summed E-state index contributed by atoms with van der Waals surface area (Å²) in [5.74, 6) is 1.74. The number of likely N-dealkylation sites (tertiary alicyclic amines) is 1. The summed E-state index contributed by atoms with van der Waals surface area (Å²) in [4.78, 5) is 2.31. The highest BCUT2D eigenvalue weighted by Gasteiger charge is 2.30. The van der Waals surface area contributed by atoms with Gasteiger partial charge in [-0.1, -0.05) is 24.3 Å². The van der Waals surface area contributed by atoms with Crippen LogP contribution in [0.4, 0.5) is 18.9 Å². The number of fused-ring (bicyclic) bond motifs is 1. The Hall–Kier alpha value is -2.06. The fourth-order valence-corrected chi connectivity index (χ4v) is 5.10. The molecule has 30 heavy (non-hydrogen) atoms. The van der Waals surface area contributed by atoms with Crippen LogP contribution in [-0.4, -0.2) is 40.1 Å². The van der Waals surface area contributed by atoms with E-state index >= 15 is 0 Å². The van der Waals surface area contributed by atoms with Crippen molar-refractivity contribution in [1.82, 2.24) is 4.90 Å². The smallest absolute Gasteiger partial charge is 0.416 e. The zero-order chi connectivity index (χ0) is 21.1. The first kappa shape index (κ1) is 21.2. The number of para-hydroxylation sites is 2. The molecule has 1 saturated heterocycles. The second-order valence-corrected chi connectivity index (χ2v) is 9.46. The van der Waals surface area contributed by atoms with E-state index in [0.717, 1.165) is 68.0 Å². The molecular formula is C22H25F3N2O2S. The molecule has 0 saturated carbocycles. The molecule has 2 unspecified atom stereocenters. The normalized spacial score (nSPS) is 21.0. The number of ether oxygens (including phenoxy) is 1. The highest BCUT2D eigenvalue weighted by atomic mass is 32.2. The van der Waals surface area contributed by atoms with Crippen molar-refractivity contribution < 1.29 is 22.1 Å². The van der Waals surface area contributed by atoms with E-state index in [1.54, 1.807) is 12.1 Å². The molecular weight excluding hydrogens is 413 g/mol. The average molecular weight is 439 g/mol. The Morgan fingerprint density at radius 3 is 2.43 bits per heavy atom. The van der Waals surface area contributed by atoms with Gasteiger partial charge in [0.15, 0.2) is 0 Å². The quantitative estimate of drug-likeness (QED) is 0.721. The van der Waals surface area contributed by atoms with Crippen LogP contribution in [0.2, 0.25) is 0 Å². The molecule has 0 bridgehead atoms. The predicted octanol–water partition coefficient (Wildman–Crippen LogP) is 4.50. The molecule has 162 valence electrons. The number of rotatable bonds is 6. The van der Waals surface area contributed by atoms with Crippen molar-refractivity contribution >= 4 is 16.5 Å². The first-order valence-electron chi connectivity index (χ1n) is 10.2. The summed E-state index contributed by atoms with van der Waals surface area (Å²) in [6.07, 6.45) is -1.49. The average Bonchev–Trinajstić information content (AvgIpc) is 3.17. The Bertz CT molecular complexity index is 856. The van der Waals surface area contributed by atoms with Gasteiger partial charge in [0.25, 0.3) is 0 Å². The van der Waals surface area contributed by atoms with Gasteiger partial charge in [0, 0.05) is 12.3 Å². The Morgan fingerprint density at radius 1 is 1.07 bits per heavy atom. The summed E-state index contributed by atoms with van der Waals surface area (Å²) < 4.78 is 56.3. The minimum atomic E-state index is -4.29. The van der Waals surface area contributed by atoms with E-state index in [1.807, 2.05) is 24.3 Å². The third-order valence-electron chi connectivity index (χ3n) is 5.75. The molecule has 0 radical (unpaired) electrons. The number of halogens is 3. The highest BCUT2D eigenvalue weighted by molar-refractivity contribution is 7.85. The van der Waals surface area contributed by atoms with E-state index in [4.69, 9.17) is 4.74 Å². The summed E-state index contributed by atoms with van der Waals surface area (Å²) in [6.45, 7) is 2.58. The molecule has 1 fully saturated rings. The van der Waals surface area contributed by atoms with Gasteiger partial charge in [-0.05, 0) is 68.1 Å². The maximum Gasteiger partial charge on any atom is 0.416 e. The van der Waals surface area contributed by atoms with Crippen molar-refractivity contribution in [2.24, 2.45) is 5.92 Å². The maximum atomic E-state index is 12.7. The molecule has 2 aliphatic heterocycles. The summed E-state index contributed by atoms with van der Waals surface area (Å²) in [6, 6.07) is 13.1. The summed E-state index contributed by atoms with van der Waals surface area (Å²) in [5.41, 5.74) is 0.726. The van der Waals surface area contributed by atoms with Crippen LogP contribution < -0.4 is 10.1 Å². The number of nitrogens with zero attached hydrogens (tertiary/aromatic N) is 1. The predicted molar refractivity (Wildman–Crippen MR) is 112 cm³/mol. The van der Waals surface area contributed by atoms with E-state index in [2.05, 4.69) is 10.2 Å². The van der Waals surface area contributed by atoms with Gasteiger partial charge in [-0.25, -0.2) is 0 Å². The molecule has 1 N–H and O–H groups in total. The van der Waals surface area contributed by atoms with E-state index in [9.17, 15) is 17.4 Å². The lowest BCUT2D eigenvalue weighted by molar-refractivity contribution is -0.137. The summed E-state index contributed by atoms with van der Waals surface area (Å²) >= 11 is 0. The van der Waals surface area contributed by atoms with Crippen molar-refractivity contribution in [3.05, 3.63) is 59.7 Å².